The van der Waals surface area contributed by atoms with Crippen LogP contribution in [-0.4, -0.2) is 48.6 Å². The molecule has 2 aromatic rings. The van der Waals surface area contributed by atoms with E-state index in [-0.39, 0.29) is 18.0 Å². The molecule has 158 valence electrons. The van der Waals surface area contributed by atoms with Gasteiger partial charge in [0.25, 0.3) is 11.5 Å². The Balaban J connectivity index is 1.73. The van der Waals surface area contributed by atoms with Crippen LogP contribution in [0, 0.1) is 39.5 Å². The fourth-order valence-corrected chi connectivity index (χ4v) is 3.55. The standard InChI is InChI=1S/C24H29N3O3/c1-16-13-20(6-5-7-27-8-10-30-11-9-27)14-21(19(16)4)23(28)25-15-22-17(2)12-18(3)26-24(22)29/h12-14H,7-11,15H2,1-4H3,(H,25,28)(H,26,29). The van der Waals surface area contributed by atoms with Crippen LogP contribution in [0.15, 0.2) is 23.0 Å². The minimum absolute atomic E-state index is 0.163. The number of pyridine rings is 1. The fourth-order valence-electron chi connectivity index (χ4n) is 3.55. The molecule has 0 radical (unpaired) electrons. The molecule has 0 bridgehead atoms. The number of aromatic amines is 1. The molecule has 1 aromatic carbocycles. The first-order chi connectivity index (χ1) is 14.3. The van der Waals surface area contributed by atoms with Crippen molar-refractivity contribution >= 4 is 5.91 Å². The van der Waals surface area contributed by atoms with E-state index >= 15 is 0 Å². The Morgan fingerprint density at radius 3 is 2.57 bits per heavy atom. The number of aromatic nitrogens is 1. The highest BCUT2D eigenvalue weighted by Crippen LogP contribution is 2.16. The molecule has 0 spiro atoms. The largest absolute Gasteiger partial charge is 0.379 e. The Kier molecular flexibility index (Phi) is 7.09. The number of carbonyl (C=O) groups is 1. The summed E-state index contributed by atoms with van der Waals surface area (Å²) in [6, 6.07) is 5.74. The number of nitrogens with one attached hydrogen (secondary N) is 2. The fraction of sp³-hybridized carbons (Fsp3) is 0.417. The Hall–Kier alpha value is -2.88. The Morgan fingerprint density at radius 2 is 1.87 bits per heavy atom. The Bertz CT molecular complexity index is 1050. The van der Waals surface area contributed by atoms with Crippen LogP contribution in [0.3, 0.4) is 0 Å². The van der Waals surface area contributed by atoms with E-state index in [1.165, 1.54) is 0 Å². The molecule has 1 amide bonds. The molecular formula is C24H29N3O3. The second kappa shape index (κ2) is 9.75. The van der Waals surface area contributed by atoms with E-state index in [0.29, 0.717) is 17.7 Å². The lowest BCUT2D eigenvalue weighted by Crippen LogP contribution is -2.36. The van der Waals surface area contributed by atoms with Gasteiger partial charge < -0.3 is 15.0 Å². The average molecular weight is 408 g/mol. The van der Waals surface area contributed by atoms with E-state index in [4.69, 9.17) is 4.74 Å². The highest BCUT2D eigenvalue weighted by Gasteiger charge is 2.14. The SMILES string of the molecule is Cc1cc(C)c(CNC(=O)c2cc(C#CCN3CCOCC3)cc(C)c2C)c(=O)[nH]1. The molecule has 6 nitrogen and oxygen atoms in total. The molecule has 3 rings (SSSR count). The smallest absolute Gasteiger partial charge is 0.253 e. The summed E-state index contributed by atoms with van der Waals surface area (Å²) in [5, 5.41) is 2.89. The van der Waals surface area contributed by atoms with Crippen molar-refractivity contribution in [2.45, 2.75) is 34.2 Å². The number of ether oxygens (including phenoxy) is 1. The summed E-state index contributed by atoms with van der Waals surface area (Å²) < 4.78 is 5.35. The highest BCUT2D eigenvalue weighted by molar-refractivity contribution is 5.96. The van der Waals surface area contributed by atoms with Gasteiger partial charge >= 0.3 is 0 Å². The van der Waals surface area contributed by atoms with Gasteiger partial charge in [-0.3, -0.25) is 14.5 Å². The lowest BCUT2D eigenvalue weighted by Gasteiger charge is -2.24. The quantitative estimate of drug-likeness (QED) is 0.763. The molecule has 1 aliphatic rings. The molecule has 2 N–H and O–H groups in total. The van der Waals surface area contributed by atoms with Gasteiger partial charge in [0, 0.05) is 42.0 Å². The van der Waals surface area contributed by atoms with Crippen LogP contribution in [-0.2, 0) is 11.3 Å². The van der Waals surface area contributed by atoms with Crippen molar-refractivity contribution in [1.29, 1.82) is 0 Å². The van der Waals surface area contributed by atoms with E-state index in [0.717, 1.165) is 54.3 Å². The number of hydrogen-bond acceptors (Lipinski definition) is 4. The number of morpholine rings is 1. The van der Waals surface area contributed by atoms with E-state index in [9.17, 15) is 9.59 Å². The predicted molar refractivity (Wildman–Crippen MR) is 118 cm³/mol. The van der Waals surface area contributed by atoms with Crippen molar-refractivity contribution in [1.82, 2.24) is 15.2 Å². The average Bonchev–Trinajstić information content (AvgIpc) is 2.70. The van der Waals surface area contributed by atoms with Crippen molar-refractivity contribution in [3.05, 3.63) is 67.6 Å². The van der Waals surface area contributed by atoms with Crippen molar-refractivity contribution in [2.75, 3.05) is 32.8 Å². The Labute approximate surface area is 177 Å². The maximum Gasteiger partial charge on any atom is 0.253 e. The van der Waals surface area contributed by atoms with Crippen molar-refractivity contribution < 1.29 is 9.53 Å². The lowest BCUT2D eigenvalue weighted by atomic mass is 9.99. The zero-order valence-corrected chi connectivity index (χ0v) is 18.1. The van der Waals surface area contributed by atoms with Gasteiger partial charge in [0.05, 0.1) is 19.8 Å². The monoisotopic (exact) mass is 407 g/mol. The van der Waals surface area contributed by atoms with Crippen LogP contribution in [0.25, 0.3) is 0 Å². The molecule has 1 fully saturated rings. The minimum atomic E-state index is -0.202. The van der Waals surface area contributed by atoms with Crippen molar-refractivity contribution in [2.24, 2.45) is 0 Å². The molecule has 0 aliphatic carbocycles. The first-order valence-corrected chi connectivity index (χ1v) is 10.2. The topological polar surface area (TPSA) is 74.4 Å². The van der Waals surface area contributed by atoms with Crippen LogP contribution in [0.1, 0.15) is 43.9 Å². The number of aryl methyl sites for hydroxylation is 3. The van der Waals surface area contributed by atoms with Crippen LogP contribution < -0.4 is 10.9 Å². The molecular weight excluding hydrogens is 378 g/mol. The highest BCUT2D eigenvalue weighted by atomic mass is 16.5. The zero-order chi connectivity index (χ0) is 21.7. The zero-order valence-electron chi connectivity index (χ0n) is 18.1. The van der Waals surface area contributed by atoms with Gasteiger partial charge in [-0.25, -0.2) is 0 Å². The maximum atomic E-state index is 12.9. The third-order valence-electron chi connectivity index (χ3n) is 5.47. The normalized spacial score (nSPS) is 14.1. The van der Waals surface area contributed by atoms with Gasteiger partial charge in [0.1, 0.15) is 0 Å². The summed E-state index contributed by atoms with van der Waals surface area (Å²) in [6.45, 7) is 11.8. The number of amides is 1. The van der Waals surface area contributed by atoms with E-state index < -0.39 is 0 Å². The number of hydrogen-bond donors (Lipinski definition) is 2. The molecule has 0 saturated carbocycles. The number of nitrogens with zero attached hydrogens (tertiary/aromatic N) is 1. The van der Waals surface area contributed by atoms with Gasteiger partial charge in [0.15, 0.2) is 0 Å². The second-order valence-electron chi connectivity index (χ2n) is 7.78. The number of rotatable bonds is 4. The molecule has 1 saturated heterocycles. The van der Waals surface area contributed by atoms with Gasteiger partial charge in [-0.2, -0.15) is 0 Å². The number of carbonyl (C=O) groups excluding carboxylic acids is 1. The third kappa shape index (κ3) is 5.38. The van der Waals surface area contributed by atoms with E-state index in [2.05, 4.69) is 27.0 Å². The Morgan fingerprint density at radius 1 is 1.13 bits per heavy atom. The summed E-state index contributed by atoms with van der Waals surface area (Å²) in [4.78, 5) is 30.1. The molecule has 1 aliphatic heterocycles. The van der Waals surface area contributed by atoms with Crippen LogP contribution in [0.2, 0.25) is 0 Å². The van der Waals surface area contributed by atoms with Crippen LogP contribution in [0.5, 0.6) is 0 Å². The molecule has 0 atom stereocenters. The number of H-pyrrole nitrogens is 1. The first kappa shape index (κ1) is 21.8. The summed E-state index contributed by atoms with van der Waals surface area (Å²) in [5.41, 5.74) is 5.43. The van der Waals surface area contributed by atoms with Crippen molar-refractivity contribution in [3.8, 4) is 11.8 Å². The predicted octanol–water partition coefficient (Wildman–Crippen LogP) is 2.22. The van der Waals surface area contributed by atoms with Gasteiger partial charge in [-0.15, -0.1) is 0 Å². The summed E-state index contributed by atoms with van der Waals surface area (Å²) in [5.74, 6) is 6.19. The maximum absolute atomic E-state index is 12.9. The third-order valence-corrected chi connectivity index (χ3v) is 5.47. The summed E-state index contributed by atoms with van der Waals surface area (Å²) in [6.07, 6.45) is 0. The molecule has 2 heterocycles. The van der Waals surface area contributed by atoms with Gasteiger partial charge in [-0.1, -0.05) is 11.8 Å². The van der Waals surface area contributed by atoms with Gasteiger partial charge in [-0.05, 0) is 62.6 Å². The van der Waals surface area contributed by atoms with E-state index in [1.807, 2.05) is 45.9 Å². The minimum Gasteiger partial charge on any atom is -0.379 e. The lowest BCUT2D eigenvalue weighted by molar-refractivity contribution is 0.0443. The molecule has 1 aromatic heterocycles. The molecule has 6 heteroatoms. The van der Waals surface area contributed by atoms with Crippen LogP contribution >= 0.6 is 0 Å². The van der Waals surface area contributed by atoms with E-state index in [1.54, 1.807) is 0 Å². The molecule has 0 unspecified atom stereocenters. The summed E-state index contributed by atoms with van der Waals surface area (Å²) in [7, 11) is 0. The van der Waals surface area contributed by atoms with Crippen molar-refractivity contribution in [3.63, 3.8) is 0 Å². The number of benzene rings is 1. The second-order valence-corrected chi connectivity index (χ2v) is 7.78. The van der Waals surface area contributed by atoms with Gasteiger partial charge in [0.2, 0.25) is 0 Å². The van der Waals surface area contributed by atoms with Crippen LogP contribution in [0.4, 0.5) is 0 Å². The first-order valence-electron chi connectivity index (χ1n) is 10.2. The summed E-state index contributed by atoms with van der Waals surface area (Å²) >= 11 is 0. The molecule has 30 heavy (non-hydrogen) atoms.